The van der Waals surface area contributed by atoms with Gasteiger partial charge < -0.3 is 4.74 Å². The lowest BCUT2D eigenvalue weighted by molar-refractivity contribution is 0.0845. The molecule has 0 radical (unpaired) electrons. The summed E-state index contributed by atoms with van der Waals surface area (Å²) in [5.74, 6) is -1.60. The third kappa shape index (κ3) is 4.12. The zero-order valence-electron chi connectivity index (χ0n) is 11.8. The Hall–Kier alpha value is -2.31. The lowest BCUT2D eigenvalue weighted by atomic mass is 10.2. The van der Waals surface area contributed by atoms with Gasteiger partial charge in [-0.15, -0.1) is 0 Å². The lowest BCUT2D eigenvalue weighted by Crippen LogP contribution is -2.41. The van der Waals surface area contributed by atoms with Gasteiger partial charge in [0.15, 0.2) is 0 Å². The number of ether oxygens (including phenoxy) is 1. The quantitative estimate of drug-likeness (QED) is 0.829. The van der Waals surface area contributed by atoms with Crippen LogP contribution in [0.1, 0.15) is 20.7 Å². The van der Waals surface area contributed by atoms with Crippen LogP contribution in [-0.2, 0) is 0 Å². The Kier molecular flexibility index (Phi) is 5.41. The van der Waals surface area contributed by atoms with Crippen molar-refractivity contribution in [3.63, 3.8) is 0 Å². The molecule has 0 heterocycles. The number of rotatable bonds is 3. The average Bonchev–Trinajstić information content (AvgIpc) is 2.52. The van der Waals surface area contributed by atoms with Crippen LogP contribution >= 0.6 is 23.2 Å². The summed E-state index contributed by atoms with van der Waals surface area (Å²) < 4.78 is 18.0. The molecule has 0 aliphatic rings. The maximum absolute atomic E-state index is 13.0. The van der Waals surface area contributed by atoms with Crippen LogP contribution in [0.4, 0.5) is 4.39 Å². The van der Waals surface area contributed by atoms with Crippen LogP contribution in [0.25, 0.3) is 0 Å². The van der Waals surface area contributed by atoms with E-state index in [1.807, 2.05) is 0 Å². The number of hydrogen-bond acceptors (Lipinski definition) is 3. The molecule has 2 rings (SSSR count). The van der Waals surface area contributed by atoms with Crippen LogP contribution in [0.15, 0.2) is 36.4 Å². The average molecular weight is 357 g/mol. The van der Waals surface area contributed by atoms with E-state index in [4.69, 9.17) is 27.9 Å². The molecule has 8 heteroatoms. The minimum absolute atomic E-state index is 0.0245. The Labute approximate surface area is 141 Å². The van der Waals surface area contributed by atoms with Crippen LogP contribution in [0.2, 0.25) is 10.0 Å². The molecule has 5 nitrogen and oxygen atoms in total. The topological polar surface area (TPSA) is 67.4 Å². The summed E-state index contributed by atoms with van der Waals surface area (Å²) in [6.07, 6.45) is 0. The number of halogens is 3. The van der Waals surface area contributed by atoms with Gasteiger partial charge in [-0.3, -0.25) is 20.4 Å². The Balaban J connectivity index is 2.08. The van der Waals surface area contributed by atoms with Crippen molar-refractivity contribution in [2.45, 2.75) is 0 Å². The van der Waals surface area contributed by atoms with E-state index in [1.165, 1.54) is 31.4 Å². The zero-order chi connectivity index (χ0) is 17.0. The van der Waals surface area contributed by atoms with Gasteiger partial charge in [0.1, 0.15) is 11.6 Å². The Morgan fingerprint density at radius 1 is 1.00 bits per heavy atom. The van der Waals surface area contributed by atoms with Gasteiger partial charge >= 0.3 is 0 Å². The number of nitrogens with one attached hydrogen (secondary N) is 2. The second-order valence-corrected chi connectivity index (χ2v) is 5.22. The number of carbonyl (C=O) groups excluding carboxylic acids is 2. The molecule has 0 saturated carbocycles. The maximum Gasteiger partial charge on any atom is 0.273 e. The molecule has 120 valence electrons. The molecule has 2 N–H and O–H groups in total. The molecule has 0 bridgehead atoms. The van der Waals surface area contributed by atoms with E-state index in [1.54, 1.807) is 0 Å². The molecule has 0 spiro atoms. The predicted molar refractivity (Wildman–Crippen MR) is 84.3 cm³/mol. The first-order valence-corrected chi connectivity index (χ1v) is 7.07. The second kappa shape index (κ2) is 7.30. The normalized spacial score (nSPS) is 10.1. The van der Waals surface area contributed by atoms with E-state index < -0.39 is 17.6 Å². The van der Waals surface area contributed by atoms with Crippen LogP contribution < -0.4 is 15.6 Å². The molecule has 0 atom stereocenters. The van der Waals surface area contributed by atoms with Crippen molar-refractivity contribution in [1.29, 1.82) is 0 Å². The summed E-state index contributed by atoms with van der Waals surface area (Å²) in [7, 11) is 1.39. The van der Waals surface area contributed by atoms with Gasteiger partial charge in [0.05, 0.1) is 23.3 Å². The summed E-state index contributed by atoms with van der Waals surface area (Å²) in [6.45, 7) is 0. The molecule has 2 amide bonds. The van der Waals surface area contributed by atoms with Crippen LogP contribution in [0, 0.1) is 5.82 Å². The van der Waals surface area contributed by atoms with E-state index >= 15 is 0 Å². The molecule has 0 aliphatic heterocycles. The molecule has 0 saturated heterocycles. The number of carbonyl (C=O) groups is 2. The highest BCUT2D eigenvalue weighted by atomic mass is 35.5. The zero-order valence-corrected chi connectivity index (χ0v) is 13.3. The van der Waals surface area contributed by atoms with Gasteiger partial charge in [-0.25, -0.2) is 4.39 Å². The van der Waals surface area contributed by atoms with E-state index in [9.17, 15) is 14.0 Å². The highest BCUT2D eigenvalue weighted by Gasteiger charge is 2.15. The van der Waals surface area contributed by atoms with Crippen molar-refractivity contribution in [1.82, 2.24) is 10.9 Å². The van der Waals surface area contributed by atoms with Crippen molar-refractivity contribution in [3.05, 3.63) is 63.4 Å². The molecular formula is C15H11Cl2FN2O3. The minimum atomic E-state index is -0.684. The lowest BCUT2D eigenvalue weighted by Gasteiger charge is -2.11. The monoisotopic (exact) mass is 356 g/mol. The highest BCUT2D eigenvalue weighted by Crippen LogP contribution is 2.23. The van der Waals surface area contributed by atoms with E-state index in [-0.39, 0.29) is 21.9 Å². The summed E-state index contributed by atoms with van der Waals surface area (Å²) >= 11 is 11.6. The van der Waals surface area contributed by atoms with Crippen LogP contribution in [-0.4, -0.2) is 18.9 Å². The van der Waals surface area contributed by atoms with Gasteiger partial charge in [0, 0.05) is 5.02 Å². The number of amides is 2. The molecular weight excluding hydrogens is 346 g/mol. The molecule has 0 fully saturated rings. The number of methoxy groups -OCH3 is 1. The molecule has 0 aromatic heterocycles. The fourth-order valence-electron chi connectivity index (χ4n) is 1.77. The third-order valence-corrected chi connectivity index (χ3v) is 3.42. The molecule has 2 aromatic carbocycles. The van der Waals surface area contributed by atoms with Crippen LogP contribution in [0.5, 0.6) is 5.75 Å². The summed E-state index contributed by atoms with van der Waals surface area (Å²) in [6, 6.07) is 7.73. The predicted octanol–water partition coefficient (Wildman–Crippen LogP) is 3.22. The molecule has 0 unspecified atom stereocenters. The first-order valence-electron chi connectivity index (χ1n) is 6.31. The molecule has 23 heavy (non-hydrogen) atoms. The Morgan fingerprint density at radius 3 is 2.22 bits per heavy atom. The second-order valence-electron chi connectivity index (χ2n) is 4.38. The maximum atomic E-state index is 13.0. The minimum Gasteiger partial charge on any atom is -0.496 e. The first kappa shape index (κ1) is 17.1. The van der Waals surface area contributed by atoms with E-state index in [0.717, 1.165) is 12.1 Å². The van der Waals surface area contributed by atoms with Crippen molar-refractivity contribution in [3.8, 4) is 5.75 Å². The molecule has 2 aromatic rings. The fourth-order valence-corrected chi connectivity index (χ4v) is 2.19. The van der Waals surface area contributed by atoms with Crippen molar-refractivity contribution in [2.24, 2.45) is 0 Å². The number of hydrogen-bond donors (Lipinski definition) is 2. The van der Waals surface area contributed by atoms with Crippen molar-refractivity contribution in [2.75, 3.05) is 7.11 Å². The van der Waals surface area contributed by atoms with E-state index in [2.05, 4.69) is 10.9 Å². The summed E-state index contributed by atoms with van der Waals surface area (Å²) in [5, 5.41) is 0.335. The molecule has 0 aliphatic carbocycles. The largest absolute Gasteiger partial charge is 0.496 e. The third-order valence-electron chi connectivity index (χ3n) is 2.87. The first-order chi connectivity index (χ1) is 10.9. The van der Waals surface area contributed by atoms with Gasteiger partial charge in [0.25, 0.3) is 11.8 Å². The van der Waals surface area contributed by atoms with Gasteiger partial charge in [-0.05, 0) is 36.4 Å². The summed E-state index contributed by atoms with van der Waals surface area (Å²) in [5.41, 5.74) is 4.62. The standard InChI is InChI=1S/C15H11Cl2FN2O3/c1-23-13-6-8(16)2-4-11(13)15(22)20-19-14(21)10-5-3-9(18)7-12(10)17/h2-7H,1H3,(H,19,21)(H,20,22). The Morgan fingerprint density at radius 2 is 1.61 bits per heavy atom. The SMILES string of the molecule is COc1cc(Cl)ccc1C(=O)NNC(=O)c1ccc(F)cc1Cl. The van der Waals surface area contributed by atoms with Gasteiger partial charge in [-0.2, -0.15) is 0 Å². The Bertz CT molecular complexity index is 768. The van der Waals surface area contributed by atoms with Gasteiger partial charge in [0.2, 0.25) is 0 Å². The number of hydrazine groups is 1. The fraction of sp³-hybridized carbons (Fsp3) is 0.0667. The smallest absolute Gasteiger partial charge is 0.273 e. The highest BCUT2D eigenvalue weighted by molar-refractivity contribution is 6.33. The van der Waals surface area contributed by atoms with E-state index in [0.29, 0.717) is 5.02 Å². The van der Waals surface area contributed by atoms with Crippen LogP contribution in [0.3, 0.4) is 0 Å². The van der Waals surface area contributed by atoms with Gasteiger partial charge in [-0.1, -0.05) is 23.2 Å². The number of benzene rings is 2. The summed E-state index contributed by atoms with van der Waals surface area (Å²) in [4.78, 5) is 24.0. The van der Waals surface area contributed by atoms with Crippen molar-refractivity contribution < 1.29 is 18.7 Å². The van der Waals surface area contributed by atoms with Crippen molar-refractivity contribution >= 4 is 35.0 Å².